The molecule has 1 aromatic rings. The number of hydrogen-bond donors (Lipinski definition) is 1. The first-order valence-electron chi connectivity index (χ1n) is 9.16. The number of piperidine rings is 1. The van der Waals surface area contributed by atoms with Gasteiger partial charge in [-0.1, -0.05) is 11.6 Å². The second-order valence-electron chi connectivity index (χ2n) is 6.69. The molecule has 27 heavy (non-hydrogen) atoms. The third kappa shape index (κ3) is 5.92. The van der Waals surface area contributed by atoms with Crippen LogP contribution in [0.2, 0.25) is 5.02 Å². The van der Waals surface area contributed by atoms with Gasteiger partial charge in [0, 0.05) is 29.7 Å². The molecule has 2 rings (SSSR count). The normalized spacial score (nSPS) is 17.0. The van der Waals surface area contributed by atoms with Gasteiger partial charge in [0.15, 0.2) is 5.90 Å². The number of benzene rings is 1. The summed E-state index contributed by atoms with van der Waals surface area (Å²) in [6.45, 7) is 2.90. The summed E-state index contributed by atoms with van der Waals surface area (Å²) in [7, 11) is 0. The van der Waals surface area contributed by atoms with Crippen molar-refractivity contribution in [2.75, 3.05) is 30.5 Å². The molecule has 0 aliphatic carbocycles. The van der Waals surface area contributed by atoms with E-state index in [1.165, 1.54) is 0 Å². The van der Waals surface area contributed by atoms with Crippen molar-refractivity contribution in [2.45, 2.75) is 44.7 Å². The fraction of sp³-hybridized carbons (Fsp3) is 0.632. The number of rotatable bonds is 7. The molecule has 0 amide bonds. The minimum atomic E-state index is -4.13. The van der Waals surface area contributed by atoms with E-state index in [1.54, 1.807) is 6.07 Å². The zero-order chi connectivity index (χ0) is 20.0. The van der Waals surface area contributed by atoms with E-state index in [0.29, 0.717) is 43.4 Å². The van der Waals surface area contributed by atoms with Crippen LogP contribution in [0.3, 0.4) is 0 Å². The van der Waals surface area contributed by atoms with Crippen LogP contribution in [0.5, 0.6) is 0 Å². The highest BCUT2D eigenvalue weighted by Gasteiger charge is 2.41. The molecule has 1 atom stereocenters. The molecular formula is C19H25Cl2F3N2O. The number of nitrogens with zero attached hydrogens (tertiary/aromatic N) is 1. The summed E-state index contributed by atoms with van der Waals surface area (Å²) in [6.07, 6.45) is -2.62. The molecule has 1 unspecified atom stereocenters. The number of anilines is 1. The molecule has 3 nitrogen and oxygen atoms in total. The maximum atomic E-state index is 12.9. The first-order valence-corrected chi connectivity index (χ1v) is 10.1. The molecule has 1 heterocycles. The Labute approximate surface area is 168 Å². The molecule has 8 heteroatoms. The van der Waals surface area contributed by atoms with Crippen molar-refractivity contribution in [3.05, 3.63) is 28.8 Å². The molecule has 1 aromatic carbocycles. The highest BCUT2D eigenvalue weighted by atomic mass is 35.5. The second kappa shape index (κ2) is 9.87. The number of nitrogens with one attached hydrogen (secondary N) is 1. The molecular weight excluding hydrogens is 400 g/mol. The Balaban J connectivity index is 2.20. The van der Waals surface area contributed by atoms with Gasteiger partial charge in [0.25, 0.3) is 0 Å². The fourth-order valence-corrected chi connectivity index (χ4v) is 3.83. The van der Waals surface area contributed by atoms with E-state index in [0.717, 1.165) is 11.3 Å². The first kappa shape index (κ1) is 22.2. The van der Waals surface area contributed by atoms with Gasteiger partial charge < -0.3 is 9.64 Å². The molecule has 0 bridgehead atoms. The van der Waals surface area contributed by atoms with Crippen LogP contribution in [0, 0.1) is 11.3 Å². The Bertz CT molecular complexity index is 632. The standard InChI is InChI=1S/C19H25Cl2F3N2O/c1-2-27-18(25)15(4-3-9-20)16-12-14(5-6-17(16)21)26-10-7-13(8-11-26)19(22,23)24/h5-6,12-13,15,25H,2-4,7-11H2,1H3. The molecule has 0 aromatic heterocycles. The lowest BCUT2D eigenvalue weighted by molar-refractivity contribution is -0.179. The zero-order valence-electron chi connectivity index (χ0n) is 15.3. The lowest BCUT2D eigenvalue weighted by Gasteiger charge is -2.35. The van der Waals surface area contributed by atoms with Crippen molar-refractivity contribution < 1.29 is 17.9 Å². The Morgan fingerprint density at radius 3 is 2.56 bits per heavy atom. The van der Waals surface area contributed by atoms with E-state index in [2.05, 4.69) is 0 Å². The number of ether oxygens (including phenoxy) is 1. The Morgan fingerprint density at radius 1 is 1.33 bits per heavy atom. The van der Waals surface area contributed by atoms with Gasteiger partial charge in [0.05, 0.1) is 18.4 Å². The third-order valence-corrected chi connectivity index (χ3v) is 5.53. The maximum absolute atomic E-state index is 12.9. The van der Waals surface area contributed by atoms with Gasteiger partial charge in [0.2, 0.25) is 0 Å². The van der Waals surface area contributed by atoms with Gasteiger partial charge in [0.1, 0.15) is 0 Å². The van der Waals surface area contributed by atoms with E-state index in [9.17, 15) is 13.2 Å². The molecule has 0 spiro atoms. The summed E-state index contributed by atoms with van der Waals surface area (Å²) in [5.41, 5.74) is 1.59. The monoisotopic (exact) mass is 424 g/mol. The van der Waals surface area contributed by atoms with Gasteiger partial charge in [-0.2, -0.15) is 13.2 Å². The summed E-state index contributed by atoms with van der Waals surface area (Å²) in [5.74, 6) is -0.942. The fourth-order valence-electron chi connectivity index (χ4n) is 3.43. The van der Waals surface area contributed by atoms with Gasteiger partial charge in [-0.3, -0.25) is 5.41 Å². The molecule has 1 fully saturated rings. The van der Waals surface area contributed by atoms with Crippen molar-refractivity contribution in [3.8, 4) is 0 Å². The summed E-state index contributed by atoms with van der Waals surface area (Å²) < 4.78 is 44.1. The van der Waals surface area contributed by atoms with Crippen LogP contribution in [0.25, 0.3) is 0 Å². The van der Waals surface area contributed by atoms with Gasteiger partial charge in [-0.25, -0.2) is 0 Å². The zero-order valence-corrected chi connectivity index (χ0v) is 16.8. The highest BCUT2D eigenvalue weighted by molar-refractivity contribution is 6.31. The predicted molar refractivity (Wildman–Crippen MR) is 104 cm³/mol. The van der Waals surface area contributed by atoms with E-state index in [-0.39, 0.29) is 24.7 Å². The maximum Gasteiger partial charge on any atom is 0.391 e. The molecule has 1 saturated heterocycles. The van der Waals surface area contributed by atoms with E-state index in [4.69, 9.17) is 33.3 Å². The second-order valence-corrected chi connectivity index (χ2v) is 7.47. The van der Waals surface area contributed by atoms with Crippen molar-refractivity contribution in [2.24, 2.45) is 5.92 Å². The molecule has 152 valence electrons. The van der Waals surface area contributed by atoms with E-state index >= 15 is 0 Å². The first-order chi connectivity index (χ1) is 12.8. The van der Waals surface area contributed by atoms with Gasteiger partial charge in [-0.05, 0) is 56.4 Å². The summed E-state index contributed by atoms with van der Waals surface area (Å²) >= 11 is 12.2. The van der Waals surface area contributed by atoms with Gasteiger partial charge in [-0.15, -0.1) is 11.6 Å². The van der Waals surface area contributed by atoms with Crippen molar-refractivity contribution in [1.82, 2.24) is 0 Å². The minimum Gasteiger partial charge on any atom is -0.481 e. The Kier molecular flexibility index (Phi) is 8.10. The van der Waals surface area contributed by atoms with Crippen LogP contribution in [0.15, 0.2) is 18.2 Å². The lowest BCUT2D eigenvalue weighted by Crippen LogP contribution is -2.39. The van der Waals surface area contributed by atoms with Crippen LogP contribution >= 0.6 is 23.2 Å². The Morgan fingerprint density at radius 2 is 2.00 bits per heavy atom. The van der Waals surface area contributed by atoms with Gasteiger partial charge >= 0.3 is 6.18 Å². The molecule has 1 aliphatic heterocycles. The Hall–Kier alpha value is -1.14. The van der Waals surface area contributed by atoms with E-state index < -0.39 is 12.1 Å². The van der Waals surface area contributed by atoms with Crippen LogP contribution in [-0.4, -0.2) is 37.7 Å². The average molecular weight is 425 g/mol. The lowest BCUT2D eigenvalue weighted by atomic mass is 9.92. The highest BCUT2D eigenvalue weighted by Crippen LogP contribution is 2.37. The van der Waals surface area contributed by atoms with Crippen LogP contribution in [0.4, 0.5) is 18.9 Å². The number of hydrogen-bond acceptors (Lipinski definition) is 3. The third-order valence-electron chi connectivity index (χ3n) is 4.92. The van der Waals surface area contributed by atoms with Crippen LogP contribution < -0.4 is 4.90 Å². The summed E-state index contributed by atoms with van der Waals surface area (Å²) in [6, 6.07) is 5.44. The molecule has 1 aliphatic rings. The quantitative estimate of drug-likeness (QED) is 0.319. The van der Waals surface area contributed by atoms with Crippen molar-refractivity contribution in [3.63, 3.8) is 0 Å². The molecule has 0 saturated carbocycles. The largest absolute Gasteiger partial charge is 0.481 e. The predicted octanol–water partition coefficient (Wildman–Crippen LogP) is 6.24. The smallest absolute Gasteiger partial charge is 0.391 e. The molecule has 1 N–H and O–H groups in total. The topological polar surface area (TPSA) is 36.3 Å². The SMILES string of the molecule is CCOC(=N)C(CCCCl)c1cc(N2CCC(C(F)(F)F)CC2)ccc1Cl. The molecule has 0 radical (unpaired) electrons. The van der Waals surface area contributed by atoms with Crippen LogP contribution in [0.1, 0.15) is 44.1 Å². The summed E-state index contributed by atoms with van der Waals surface area (Å²) in [4.78, 5) is 1.95. The van der Waals surface area contributed by atoms with Crippen molar-refractivity contribution in [1.29, 1.82) is 5.41 Å². The minimum absolute atomic E-state index is 0.0892. The van der Waals surface area contributed by atoms with E-state index in [1.807, 2.05) is 24.0 Å². The van der Waals surface area contributed by atoms with Crippen LogP contribution in [-0.2, 0) is 4.74 Å². The average Bonchev–Trinajstić information content (AvgIpc) is 2.63. The van der Waals surface area contributed by atoms with Crippen molar-refractivity contribution >= 4 is 34.8 Å². The summed E-state index contributed by atoms with van der Waals surface area (Å²) in [5, 5.41) is 8.73. The number of alkyl halides is 4. The number of halogens is 5.